The van der Waals surface area contributed by atoms with Gasteiger partial charge in [-0.15, -0.1) is 0 Å². The van der Waals surface area contributed by atoms with Gasteiger partial charge in [-0.25, -0.2) is 0 Å². The molecule has 0 radical (unpaired) electrons. The monoisotopic (exact) mass is 308 g/mol. The lowest BCUT2D eigenvalue weighted by Gasteiger charge is -2.17. The van der Waals surface area contributed by atoms with Crippen molar-refractivity contribution >= 4 is 17.8 Å². The number of aliphatic carboxylic acids is 1. The first kappa shape index (κ1) is 17.5. The van der Waals surface area contributed by atoms with Gasteiger partial charge in [0.25, 0.3) is 5.91 Å². The van der Waals surface area contributed by atoms with Gasteiger partial charge in [-0.2, -0.15) is 0 Å². The maximum Gasteiger partial charge on any atom is 0.308 e. The summed E-state index contributed by atoms with van der Waals surface area (Å²) in [7, 11) is 1.50. The maximum absolute atomic E-state index is 11.9. The molecule has 7 heteroatoms. The van der Waals surface area contributed by atoms with Crippen LogP contribution in [0.3, 0.4) is 0 Å². The minimum atomic E-state index is -0.992. The molecule has 1 rings (SSSR count). The summed E-state index contributed by atoms with van der Waals surface area (Å²) in [5, 5.41) is 13.8. The second-order valence-corrected chi connectivity index (χ2v) is 4.90. The van der Waals surface area contributed by atoms with Crippen LogP contribution in [0, 0.1) is 5.92 Å². The van der Waals surface area contributed by atoms with E-state index >= 15 is 0 Å². The molecule has 0 fully saturated rings. The Kier molecular flexibility index (Phi) is 6.37. The Hall–Kier alpha value is -2.57. The zero-order chi connectivity index (χ0) is 16.7. The Morgan fingerprint density at radius 1 is 1.27 bits per heavy atom. The van der Waals surface area contributed by atoms with Gasteiger partial charge in [0.15, 0.2) is 0 Å². The molecule has 2 atom stereocenters. The first-order valence-electron chi connectivity index (χ1n) is 6.79. The number of ether oxygens (including phenoxy) is 1. The largest absolute Gasteiger partial charge is 0.497 e. The highest BCUT2D eigenvalue weighted by molar-refractivity contribution is 5.96. The molecular formula is C15H20N2O5. The van der Waals surface area contributed by atoms with Gasteiger partial charge in [-0.1, -0.05) is 6.07 Å². The predicted octanol–water partition coefficient (Wildman–Crippen LogP) is 0.650. The number of benzene rings is 1. The average molecular weight is 308 g/mol. The SMILES string of the molecule is COc1cccc(C(=O)NCC(=O)NC(C)C(C)C(=O)O)c1. The Morgan fingerprint density at radius 2 is 1.95 bits per heavy atom. The Morgan fingerprint density at radius 3 is 2.55 bits per heavy atom. The summed E-state index contributed by atoms with van der Waals surface area (Å²) in [6.45, 7) is 2.87. The van der Waals surface area contributed by atoms with Crippen LogP contribution in [-0.4, -0.2) is 42.6 Å². The number of methoxy groups -OCH3 is 1. The highest BCUT2D eigenvalue weighted by Gasteiger charge is 2.21. The smallest absolute Gasteiger partial charge is 0.308 e. The Balaban J connectivity index is 2.49. The van der Waals surface area contributed by atoms with Gasteiger partial charge in [-0.3, -0.25) is 14.4 Å². The lowest BCUT2D eigenvalue weighted by molar-refractivity contribution is -0.142. The molecule has 3 N–H and O–H groups in total. The predicted molar refractivity (Wildman–Crippen MR) is 79.7 cm³/mol. The zero-order valence-electron chi connectivity index (χ0n) is 12.8. The molecule has 1 aromatic carbocycles. The molecule has 0 spiro atoms. The highest BCUT2D eigenvalue weighted by Crippen LogP contribution is 2.12. The van der Waals surface area contributed by atoms with Crippen molar-refractivity contribution in [2.24, 2.45) is 5.92 Å². The summed E-state index contributed by atoms with van der Waals surface area (Å²) in [6, 6.07) is 6.01. The number of nitrogens with one attached hydrogen (secondary N) is 2. The summed E-state index contributed by atoms with van der Waals surface area (Å²) in [6.07, 6.45) is 0. The van der Waals surface area contributed by atoms with Crippen LogP contribution in [0.4, 0.5) is 0 Å². The van der Waals surface area contributed by atoms with E-state index in [0.29, 0.717) is 11.3 Å². The van der Waals surface area contributed by atoms with Gasteiger partial charge in [-0.05, 0) is 32.0 Å². The van der Waals surface area contributed by atoms with Crippen molar-refractivity contribution < 1.29 is 24.2 Å². The van der Waals surface area contributed by atoms with Crippen molar-refractivity contribution in [1.82, 2.24) is 10.6 Å². The number of carboxylic acid groups (broad SMARTS) is 1. The minimum absolute atomic E-state index is 0.229. The standard InChI is InChI=1S/C15H20N2O5/c1-9(15(20)21)10(2)17-13(18)8-16-14(19)11-5-4-6-12(7-11)22-3/h4-7,9-10H,8H2,1-3H3,(H,16,19)(H,17,18)(H,20,21). The quantitative estimate of drug-likeness (QED) is 0.686. The minimum Gasteiger partial charge on any atom is -0.497 e. The van der Waals surface area contributed by atoms with Crippen LogP contribution in [0.1, 0.15) is 24.2 Å². The van der Waals surface area contributed by atoms with E-state index in [2.05, 4.69) is 10.6 Å². The van der Waals surface area contributed by atoms with E-state index in [-0.39, 0.29) is 6.54 Å². The number of carbonyl (C=O) groups excluding carboxylic acids is 2. The van der Waals surface area contributed by atoms with Gasteiger partial charge < -0.3 is 20.5 Å². The van der Waals surface area contributed by atoms with Crippen molar-refractivity contribution in [2.75, 3.05) is 13.7 Å². The molecule has 0 heterocycles. The molecule has 0 aliphatic rings. The lowest BCUT2D eigenvalue weighted by Crippen LogP contribution is -2.44. The molecule has 0 aliphatic heterocycles. The number of rotatable bonds is 7. The van der Waals surface area contributed by atoms with E-state index in [0.717, 1.165) is 0 Å². The van der Waals surface area contributed by atoms with Crippen molar-refractivity contribution in [1.29, 1.82) is 0 Å². The van der Waals surface area contributed by atoms with E-state index in [4.69, 9.17) is 9.84 Å². The molecule has 0 saturated heterocycles. The molecule has 0 bridgehead atoms. The summed E-state index contributed by atoms with van der Waals surface area (Å²) in [5.41, 5.74) is 0.374. The van der Waals surface area contributed by atoms with Crippen LogP contribution in [0.15, 0.2) is 24.3 Å². The third-order valence-electron chi connectivity index (χ3n) is 3.27. The Bertz CT molecular complexity index is 559. The second-order valence-electron chi connectivity index (χ2n) is 4.90. The molecular weight excluding hydrogens is 288 g/mol. The van der Waals surface area contributed by atoms with Crippen LogP contribution in [0.2, 0.25) is 0 Å². The summed E-state index contributed by atoms with van der Waals surface area (Å²) in [4.78, 5) is 34.4. The van der Waals surface area contributed by atoms with Crippen LogP contribution in [0.25, 0.3) is 0 Å². The van der Waals surface area contributed by atoms with E-state index in [1.165, 1.54) is 14.0 Å². The number of carbonyl (C=O) groups is 3. The number of hydrogen-bond acceptors (Lipinski definition) is 4. The van der Waals surface area contributed by atoms with Crippen LogP contribution < -0.4 is 15.4 Å². The van der Waals surface area contributed by atoms with Gasteiger partial charge in [0.1, 0.15) is 5.75 Å². The van der Waals surface area contributed by atoms with Crippen molar-refractivity contribution in [3.8, 4) is 5.75 Å². The molecule has 120 valence electrons. The molecule has 0 saturated carbocycles. The normalized spacial score (nSPS) is 12.9. The van der Waals surface area contributed by atoms with E-state index in [1.54, 1.807) is 31.2 Å². The summed E-state index contributed by atoms with van der Waals surface area (Å²) in [5.74, 6) is -2.02. The van der Waals surface area contributed by atoms with Crippen LogP contribution >= 0.6 is 0 Å². The fraction of sp³-hybridized carbons (Fsp3) is 0.400. The van der Waals surface area contributed by atoms with Gasteiger partial charge in [0.2, 0.25) is 5.91 Å². The second kappa shape index (κ2) is 8.02. The lowest BCUT2D eigenvalue weighted by atomic mass is 10.0. The summed E-state index contributed by atoms with van der Waals surface area (Å²) >= 11 is 0. The van der Waals surface area contributed by atoms with Gasteiger partial charge >= 0.3 is 5.97 Å². The first-order chi connectivity index (χ1) is 10.3. The molecule has 2 amide bonds. The fourth-order valence-electron chi connectivity index (χ4n) is 1.67. The number of carboxylic acids is 1. The molecule has 0 aliphatic carbocycles. The third kappa shape index (κ3) is 5.08. The van der Waals surface area contributed by atoms with Crippen molar-refractivity contribution in [3.05, 3.63) is 29.8 Å². The van der Waals surface area contributed by atoms with Crippen LogP contribution in [0.5, 0.6) is 5.75 Å². The average Bonchev–Trinajstić information content (AvgIpc) is 2.51. The highest BCUT2D eigenvalue weighted by atomic mass is 16.5. The summed E-state index contributed by atoms with van der Waals surface area (Å²) < 4.78 is 5.02. The topological polar surface area (TPSA) is 105 Å². The molecule has 22 heavy (non-hydrogen) atoms. The van der Waals surface area contributed by atoms with Crippen molar-refractivity contribution in [2.45, 2.75) is 19.9 Å². The van der Waals surface area contributed by atoms with Gasteiger partial charge in [0, 0.05) is 11.6 Å². The zero-order valence-corrected chi connectivity index (χ0v) is 12.8. The van der Waals surface area contributed by atoms with E-state index < -0.39 is 29.7 Å². The molecule has 7 nitrogen and oxygen atoms in total. The van der Waals surface area contributed by atoms with Crippen molar-refractivity contribution in [3.63, 3.8) is 0 Å². The molecule has 2 unspecified atom stereocenters. The number of hydrogen-bond donors (Lipinski definition) is 3. The van der Waals surface area contributed by atoms with E-state index in [1.807, 2.05) is 0 Å². The maximum atomic E-state index is 11.9. The van der Waals surface area contributed by atoms with E-state index in [9.17, 15) is 14.4 Å². The first-order valence-corrected chi connectivity index (χ1v) is 6.79. The third-order valence-corrected chi connectivity index (χ3v) is 3.27. The Labute approximate surface area is 128 Å². The fourth-order valence-corrected chi connectivity index (χ4v) is 1.67. The van der Waals surface area contributed by atoms with Crippen LogP contribution in [-0.2, 0) is 9.59 Å². The van der Waals surface area contributed by atoms with Gasteiger partial charge in [0.05, 0.1) is 19.6 Å². The molecule has 1 aromatic rings. The molecule has 0 aromatic heterocycles. The number of amides is 2.